The fourth-order valence-corrected chi connectivity index (χ4v) is 2.65. The predicted octanol–water partition coefficient (Wildman–Crippen LogP) is 0.891. The number of nitrogens with zero attached hydrogens (tertiary/aromatic N) is 3. The van der Waals surface area contributed by atoms with Gasteiger partial charge in [0.1, 0.15) is 24.5 Å². The summed E-state index contributed by atoms with van der Waals surface area (Å²) in [5.74, 6) is -0.364. The Morgan fingerprint density at radius 1 is 1.35 bits per heavy atom. The predicted molar refractivity (Wildman–Crippen MR) is 87.9 cm³/mol. The molecule has 26 heavy (non-hydrogen) atoms. The first-order valence-corrected chi connectivity index (χ1v) is 7.77. The minimum absolute atomic E-state index is 0.0263. The molecule has 2 heterocycles. The second-order valence-corrected chi connectivity index (χ2v) is 5.71. The molecule has 0 radical (unpaired) electrons. The van der Waals surface area contributed by atoms with E-state index in [0.29, 0.717) is 11.5 Å². The van der Waals surface area contributed by atoms with Gasteiger partial charge in [0.25, 0.3) is 5.91 Å². The molecule has 0 unspecified atom stereocenters. The molecule has 136 valence electrons. The van der Waals surface area contributed by atoms with Gasteiger partial charge in [0, 0.05) is 0 Å². The van der Waals surface area contributed by atoms with Gasteiger partial charge >= 0.3 is 5.69 Å². The van der Waals surface area contributed by atoms with Crippen LogP contribution in [0.4, 0.5) is 5.69 Å². The van der Waals surface area contributed by atoms with E-state index < -0.39 is 22.8 Å². The van der Waals surface area contributed by atoms with Crippen molar-refractivity contribution in [2.45, 2.75) is 26.5 Å². The van der Waals surface area contributed by atoms with E-state index in [1.54, 1.807) is 24.3 Å². The number of aromatic nitrogens is 2. The van der Waals surface area contributed by atoms with Crippen molar-refractivity contribution in [1.82, 2.24) is 15.1 Å². The highest BCUT2D eigenvalue weighted by Gasteiger charge is 2.29. The molecular formula is C16H16N4O6. The van der Waals surface area contributed by atoms with Crippen molar-refractivity contribution in [1.29, 1.82) is 0 Å². The fourth-order valence-electron chi connectivity index (χ4n) is 2.65. The fraction of sp³-hybridized carbons (Fsp3) is 0.312. The Bertz CT molecular complexity index is 891. The number of rotatable bonds is 4. The van der Waals surface area contributed by atoms with Crippen LogP contribution in [0.15, 0.2) is 24.3 Å². The summed E-state index contributed by atoms with van der Waals surface area (Å²) in [6, 6.07) is 6.89. The van der Waals surface area contributed by atoms with Crippen molar-refractivity contribution >= 4 is 17.5 Å². The number of carbonyl (C=O) groups is 2. The maximum absolute atomic E-state index is 12.2. The van der Waals surface area contributed by atoms with E-state index >= 15 is 0 Å². The third-order valence-corrected chi connectivity index (χ3v) is 3.88. The Balaban J connectivity index is 1.63. The topological polar surface area (TPSA) is 126 Å². The zero-order chi connectivity index (χ0) is 18.8. The average molecular weight is 360 g/mol. The molecule has 0 fully saturated rings. The van der Waals surface area contributed by atoms with Crippen LogP contribution in [0.2, 0.25) is 0 Å². The van der Waals surface area contributed by atoms with E-state index in [-0.39, 0.29) is 30.2 Å². The summed E-state index contributed by atoms with van der Waals surface area (Å²) in [5, 5.41) is 17.2. The zero-order valence-corrected chi connectivity index (χ0v) is 14.1. The molecule has 0 saturated carbocycles. The van der Waals surface area contributed by atoms with Gasteiger partial charge in [-0.25, -0.2) is 0 Å². The van der Waals surface area contributed by atoms with Gasteiger partial charge in [-0.15, -0.1) is 0 Å². The van der Waals surface area contributed by atoms with E-state index in [1.807, 2.05) is 0 Å². The van der Waals surface area contributed by atoms with E-state index in [4.69, 9.17) is 9.47 Å². The summed E-state index contributed by atoms with van der Waals surface area (Å²) in [6.45, 7) is 2.62. The van der Waals surface area contributed by atoms with Gasteiger partial charge < -0.3 is 9.47 Å². The number of aryl methyl sites for hydroxylation is 1. The standard InChI is InChI=1S/C16H16N4O6/c1-9-15(20(23)24)10(2)19(18-9)7-14(21)17-16(22)13-8-25-11-5-3-4-6-12(11)26-13/h3-6,13H,7-8H2,1-2H3,(H,17,21,22)/t13-/m1/s1. The summed E-state index contributed by atoms with van der Waals surface area (Å²) in [6.07, 6.45) is -0.969. The van der Waals surface area contributed by atoms with Gasteiger partial charge in [0.05, 0.1) is 4.92 Å². The molecule has 1 aromatic heterocycles. The molecule has 1 atom stereocenters. The molecule has 1 aliphatic heterocycles. The minimum atomic E-state index is -0.969. The highest BCUT2D eigenvalue weighted by Crippen LogP contribution is 2.30. The maximum atomic E-state index is 12.2. The third-order valence-electron chi connectivity index (χ3n) is 3.88. The van der Waals surface area contributed by atoms with Crippen molar-refractivity contribution in [3.63, 3.8) is 0 Å². The number of amides is 2. The largest absolute Gasteiger partial charge is 0.485 e. The van der Waals surface area contributed by atoms with Crippen LogP contribution in [0.3, 0.4) is 0 Å². The van der Waals surface area contributed by atoms with E-state index in [9.17, 15) is 19.7 Å². The number of ether oxygens (including phenoxy) is 2. The maximum Gasteiger partial charge on any atom is 0.312 e. The molecule has 0 spiro atoms. The molecule has 0 saturated heterocycles. The number of para-hydroxylation sites is 2. The number of carbonyl (C=O) groups excluding carboxylic acids is 2. The molecule has 2 aromatic rings. The minimum Gasteiger partial charge on any atom is -0.485 e. The van der Waals surface area contributed by atoms with Gasteiger partial charge in [-0.3, -0.25) is 29.7 Å². The molecule has 2 amide bonds. The summed E-state index contributed by atoms with van der Waals surface area (Å²) in [7, 11) is 0. The number of nitrogens with one attached hydrogen (secondary N) is 1. The monoisotopic (exact) mass is 360 g/mol. The van der Waals surface area contributed by atoms with Crippen molar-refractivity contribution in [3.8, 4) is 11.5 Å². The van der Waals surface area contributed by atoms with Crippen LogP contribution in [-0.4, -0.2) is 39.2 Å². The number of imide groups is 1. The Hall–Kier alpha value is -3.43. The van der Waals surface area contributed by atoms with Crippen molar-refractivity contribution < 1.29 is 24.0 Å². The van der Waals surface area contributed by atoms with Gasteiger partial charge in [0.2, 0.25) is 12.0 Å². The first-order chi connectivity index (χ1) is 12.4. The number of nitro groups is 1. The van der Waals surface area contributed by atoms with E-state index in [1.165, 1.54) is 18.5 Å². The highest BCUT2D eigenvalue weighted by atomic mass is 16.6. The molecule has 10 nitrogen and oxygen atoms in total. The molecule has 3 rings (SSSR count). The average Bonchev–Trinajstić information content (AvgIpc) is 2.87. The SMILES string of the molecule is Cc1nn(CC(=O)NC(=O)[C@H]2COc3ccccc3O2)c(C)c1[N+](=O)[O-]. The van der Waals surface area contributed by atoms with Crippen molar-refractivity contribution in [2.24, 2.45) is 0 Å². The first-order valence-electron chi connectivity index (χ1n) is 7.77. The third kappa shape index (κ3) is 3.34. The lowest BCUT2D eigenvalue weighted by Gasteiger charge is -2.25. The lowest BCUT2D eigenvalue weighted by Crippen LogP contribution is -2.47. The molecule has 0 aliphatic carbocycles. The van der Waals surface area contributed by atoms with Crippen LogP contribution in [0.5, 0.6) is 11.5 Å². The molecule has 1 aromatic carbocycles. The van der Waals surface area contributed by atoms with Crippen LogP contribution in [0.1, 0.15) is 11.4 Å². The van der Waals surface area contributed by atoms with Crippen LogP contribution >= 0.6 is 0 Å². The summed E-state index contributed by atoms with van der Waals surface area (Å²) < 4.78 is 12.1. The number of hydrogen-bond acceptors (Lipinski definition) is 7. The Kier molecular flexibility index (Phi) is 4.57. The second-order valence-electron chi connectivity index (χ2n) is 5.71. The smallest absolute Gasteiger partial charge is 0.312 e. The van der Waals surface area contributed by atoms with Gasteiger partial charge in [-0.05, 0) is 26.0 Å². The van der Waals surface area contributed by atoms with Crippen LogP contribution in [0, 0.1) is 24.0 Å². The Morgan fingerprint density at radius 3 is 2.69 bits per heavy atom. The van der Waals surface area contributed by atoms with Gasteiger partial charge in [-0.1, -0.05) is 12.1 Å². The van der Waals surface area contributed by atoms with Gasteiger partial charge in [0.15, 0.2) is 11.5 Å². The molecule has 1 aliphatic rings. The van der Waals surface area contributed by atoms with E-state index in [2.05, 4.69) is 10.4 Å². The summed E-state index contributed by atoms with van der Waals surface area (Å²) in [5.41, 5.74) is 0.290. The van der Waals surface area contributed by atoms with Crippen LogP contribution in [-0.2, 0) is 16.1 Å². The van der Waals surface area contributed by atoms with Gasteiger partial charge in [-0.2, -0.15) is 5.10 Å². The van der Waals surface area contributed by atoms with Crippen LogP contribution < -0.4 is 14.8 Å². The first kappa shape index (κ1) is 17.4. The number of fused-ring (bicyclic) bond motifs is 1. The molecule has 10 heteroatoms. The number of benzene rings is 1. The highest BCUT2D eigenvalue weighted by molar-refractivity contribution is 5.97. The Labute approximate surface area is 147 Å². The van der Waals surface area contributed by atoms with E-state index in [0.717, 1.165) is 0 Å². The van der Waals surface area contributed by atoms with Crippen molar-refractivity contribution in [3.05, 3.63) is 45.8 Å². The number of hydrogen-bond donors (Lipinski definition) is 1. The molecule has 0 bridgehead atoms. The van der Waals surface area contributed by atoms with Crippen LogP contribution in [0.25, 0.3) is 0 Å². The second kappa shape index (κ2) is 6.82. The summed E-state index contributed by atoms with van der Waals surface area (Å²) >= 11 is 0. The summed E-state index contributed by atoms with van der Waals surface area (Å²) in [4.78, 5) is 34.7. The normalized spacial score (nSPS) is 15.4. The molecular weight excluding hydrogens is 344 g/mol. The zero-order valence-electron chi connectivity index (χ0n) is 14.1. The quantitative estimate of drug-likeness (QED) is 0.634. The van der Waals surface area contributed by atoms with Crippen molar-refractivity contribution in [2.75, 3.05) is 6.61 Å². The molecule has 1 N–H and O–H groups in total. The lowest BCUT2D eigenvalue weighted by molar-refractivity contribution is -0.386. The Morgan fingerprint density at radius 2 is 2.04 bits per heavy atom. The lowest BCUT2D eigenvalue weighted by atomic mass is 10.2.